The van der Waals surface area contributed by atoms with Crippen molar-refractivity contribution in [1.29, 1.82) is 5.26 Å². The van der Waals surface area contributed by atoms with Crippen LogP contribution in [0.2, 0.25) is 0 Å². The Bertz CT molecular complexity index is 403. The van der Waals surface area contributed by atoms with Gasteiger partial charge in [-0.05, 0) is 15.9 Å². The van der Waals surface area contributed by atoms with Crippen LogP contribution in [0.25, 0.3) is 0 Å². The van der Waals surface area contributed by atoms with E-state index in [-0.39, 0.29) is 5.69 Å². The van der Waals surface area contributed by atoms with Gasteiger partial charge >= 0.3 is 6.36 Å². The first-order valence-corrected chi connectivity index (χ1v) is 4.14. The maximum absolute atomic E-state index is 13.0. The molecule has 1 aromatic heterocycles. The molecule has 0 saturated heterocycles. The third-order valence-corrected chi connectivity index (χ3v) is 1.76. The quantitative estimate of drug-likeness (QED) is 0.588. The number of nitrogens with zero attached hydrogens (tertiary/aromatic N) is 2. The molecular formula is C7HBrF4N2O. The predicted molar refractivity (Wildman–Crippen MR) is 43.3 cm³/mol. The van der Waals surface area contributed by atoms with Crippen molar-refractivity contribution in [2.45, 2.75) is 6.36 Å². The van der Waals surface area contributed by atoms with Crippen LogP contribution in [0.3, 0.4) is 0 Å². The normalized spacial score (nSPS) is 10.9. The van der Waals surface area contributed by atoms with Crippen molar-refractivity contribution in [2.75, 3.05) is 0 Å². The number of ether oxygens (including phenoxy) is 1. The highest BCUT2D eigenvalue weighted by Gasteiger charge is 2.34. The SMILES string of the molecule is N#Cc1cc(F)c(OC(F)(F)F)c(Br)n1. The van der Waals surface area contributed by atoms with Crippen molar-refractivity contribution in [3.05, 3.63) is 22.2 Å². The van der Waals surface area contributed by atoms with Crippen molar-refractivity contribution < 1.29 is 22.3 Å². The summed E-state index contributed by atoms with van der Waals surface area (Å²) in [4.78, 5) is 3.33. The summed E-state index contributed by atoms with van der Waals surface area (Å²) in [5.41, 5.74) is -0.353. The molecule has 15 heavy (non-hydrogen) atoms. The zero-order valence-corrected chi connectivity index (χ0v) is 8.36. The summed E-state index contributed by atoms with van der Waals surface area (Å²) in [6.45, 7) is 0. The molecule has 0 aliphatic carbocycles. The fourth-order valence-electron chi connectivity index (χ4n) is 0.737. The van der Waals surface area contributed by atoms with E-state index in [0.29, 0.717) is 6.07 Å². The molecule has 3 nitrogen and oxygen atoms in total. The number of hydrogen-bond donors (Lipinski definition) is 0. The molecule has 0 aromatic carbocycles. The van der Waals surface area contributed by atoms with Gasteiger partial charge in [0.25, 0.3) is 0 Å². The van der Waals surface area contributed by atoms with Crippen LogP contribution in [-0.2, 0) is 0 Å². The van der Waals surface area contributed by atoms with Gasteiger partial charge in [-0.2, -0.15) is 5.26 Å². The van der Waals surface area contributed by atoms with E-state index in [1.54, 1.807) is 0 Å². The van der Waals surface area contributed by atoms with Crippen LogP contribution in [0.5, 0.6) is 5.75 Å². The highest BCUT2D eigenvalue weighted by atomic mass is 79.9. The van der Waals surface area contributed by atoms with Crippen molar-refractivity contribution in [1.82, 2.24) is 4.98 Å². The molecule has 1 rings (SSSR count). The monoisotopic (exact) mass is 284 g/mol. The lowest BCUT2D eigenvalue weighted by Gasteiger charge is -2.10. The Hall–Kier alpha value is -1.36. The predicted octanol–water partition coefficient (Wildman–Crippen LogP) is 2.75. The zero-order valence-electron chi connectivity index (χ0n) is 6.77. The van der Waals surface area contributed by atoms with E-state index in [4.69, 9.17) is 5.26 Å². The van der Waals surface area contributed by atoms with Gasteiger partial charge in [0.2, 0.25) is 0 Å². The average molecular weight is 285 g/mol. The molecule has 80 valence electrons. The molecule has 0 aliphatic heterocycles. The highest BCUT2D eigenvalue weighted by molar-refractivity contribution is 9.10. The van der Waals surface area contributed by atoms with Crippen molar-refractivity contribution in [2.24, 2.45) is 0 Å². The molecule has 8 heteroatoms. The van der Waals surface area contributed by atoms with Crippen LogP contribution in [0, 0.1) is 17.1 Å². The number of pyridine rings is 1. The Morgan fingerprint density at radius 3 is 2.47 bits per heavy atom. The fourth-order valence-corrected chi connectivity index (χ4v) is 1.20. The molecule has 0 fully saturated rings. The Labute approximate surface area is 89.4 Å². The minimum Gasteiger partial charge on any atom is -0.400 e. The molecule has 0 aliphatic rings. The molecule has 0 amide bonds. The van der Waals surface area contributed by atoms with E-state index in [2.05, 4.69) is 25.7 Å². The number of alkyl halides is 3. The average Bonchev–Trinajstić information content (AvgIpc) is 2.09. The third-order valence-electron chi connectivity index (χ3n) is 1.22. The molecule has 0 bridgehead atoms. The van der Waals surface area contributed by atoms with Crippen molar-refractivity contribution in [3.8, 4) is 11.8 Å². The van der Waals surface area contributed by atoms with Crippen LogP contribution in [0.1, 0.15) is 5.69 Å². The lowest BCUT2D eigenvalue weighted by atomic mass is 10.3. The lowest BCUT2D eigenvalue weighted by Crippen LogP contribution is -2.18. The summed E-state index contributed by atoms with van der Waals surface area (Å²) in [6, 6.07) is 2.03. The minimum atomic E-state index is -5.01. The molecule has 0 atom stereocenters. The van der Waals surface area contributed by atoms with E-state index < -0.39 is 22.5 Å². The van der Waals surface area contributed by atoms with Gasteiger partial charge in [0.05, 0.1) is 0 Å². The van der Waals surface area contributed by atoms with Gasteiger partial charge in [0.1, 0.15) is 11.8 Å². The third kappa shape index (κ3) is 3.06. The van der Waals surface area contributed by atoms with E-state index in [0.717, 1.165) is 0 Å². The van der Waals surface area contributed by atoms with E-state index in [1.165, 1.54) is 6.07 Å². The number of nitriles is 1. The van der Waals surface area contributed by atoms with Crippen molar-refractivity contribution in [3.63, 3.8) is 0 Å². The Morgan fingerprint density at radius 1 is 1.47 bits per heavy atom. The number of hydrogen-bond acceptors (Lipinski definition) is 3. The maximum atomic E-state index is 13.0. The summed E-state index contributed by atoms with van der Waals surface area (Å²) >= 11 is 2.56. The van der Waals surface area contributed by atoms with Crippen LogP contribution in [0.4, 0.5) is 17.6 Å². The summed E-state index contributed by atoms with van der Waals surface area (Å²) in [6.07, 6.45) is -5.01. The molecule has 0 spiro atoms. The van der Waals surface area contributed by atoms with Gasteiger partial charge in [0.15, 0.2) is 16.2 Å². The standard InChI is InChI=1S/C7HBrF4N2O/c8-6-5(15-7(10,11)12)4(9)1-3(2-13)14-6/h1H. The van der Waals surface area contributed by atoms with Gasteiger partial charge in [-0.25, -0.2) is 9.37 Å². The van der Waals surface area contributed by atoms with E-state index in [1.807, 2.05) is 0 Å². The Kier molecular flexibility index (Phi) is 3.14. The van der Waals surface area contributed by atoms with Crippen LogP contribution in [0.15, 0.2) is 10.7 Å². The summed E-state index contributed by atoms with van der Waals surface area (Å²) in [5.74, 6) is -2.41. The minimum absolute atomic E-state index is 0.353. The van der Waals surface area contributed by atoms with E-state index in [9.17, 15) is 17.6 Å². The first-order valence-electron chi connectivity index (χ1n) is 3.35. The van der Waals surface area contributed by atoms with Crippen LogP contribution >= 0.6 is 15.9 Å². The van der Waals surface area contributed by atoms with Crippen LogP contribution < -0.4 is 4.74 Å². The molecule has 0 unspecified atom stereocenters. The van der Waals surface area contributed by atoms with Gasteiger partial charge in [-0.1, -0.05) is 0 Å². The second-order valence-electron chi connectivity index (χ2n) is 2.27. The van der Waals surface area contributed by atoms with E-state index >= 15 is 0 Å². The molecule has 1 heterocycles. The van der Waals surface area contributed by atoms with Gasteiger partial charge in [0, 0.05) is 6.07 Å². The maximum Gasteiger partial charge on any atom is 0.573 e. The van der Waals surface area contributed by atoms with Gasteiger partial charge in [-0.3, -0.25) is 0 Å². The first-order chi connectivity index (χ1) is 6.83. The van der Waals surface area contributed by atoms with Gasteiger partial charge < -0.3 is 4.74 Å². The fraction of sp³-hybridized carbons (Fsp3) is 0.143. The molecular weight excluding hydrogens is 284 g/mol. The summed E-state index contributed by atoms with van der Waals surface area (Å²) in [5, 5.41) is 8.35. The zero-order chi connectivity index (χ0) is 11.6. The molecule has 0 radical (unpaired) electrons. The summed E-state index contributed by atoms with van der Waals surface area (Å²) < 4.78 is 51.2. The topological polar surface area (TPSA) is 45.9 Å². The summed E-state index contributed by atoms with van der Waals surface area (Å²) in [7, 11) is 0. The Balaban J connectivity index is 3.16. The smallest absolute Gasteiger partial charge is 0.400 e. The van der Waals surface area contributed by atoms with Crippen LogP contribution in [-0.4, -0.2) is 11.3 Å². The van der Waals surface area contributed by atoms with Gasteiger partial charge in [-0.15, -0.1) is 13.2 Å². The molecule has 0 N–H and O–H groups in total. The second-order valence-corrected chi connectivity index (χ2v) is 3.02. The first kappa shape index (κ1) is 11.7. The number of rotatable bonds is 1. The number of aromatic nitrogens is 1. The molecule has 0 saturated carbocycles. The van der Waals surface area contributed by atoms with Crippen molar-refractivity contribution >= 4 is 15.9 Å². The largest absolute Gasteiger partial charge is 0.573 e. The number of halogens is 5. The highest BCUT2D eigenvalue weighted by Crippen LogP contribution is 2.31. The second kappa shape index (κ2) is 4.02. The lowest BCUT2D eigenvalue weighted by molar-refractivity contribution is -0.276. The Morgan fingerprint density at radius 2 is 2.07 bits per heavy atom. The molecule has 1 aromatic rings.